The van der Waals surface area contributed by atoms with Crippen molar-refractivity contribution in [3.8, 4) is 5.75 Å². The lowest BCUT2D eigenvalue weighted by atomic mass is 9.89. The first kappa shape index (κ1) is 11.4. The van der Waals surface area contributed by atoms with Gasteiger partial charge in [0.2, 0.25) is 5.91 Å². The molecular weight excluding hydrogens is 222 g/mol. The van der Waals surface area contributed by atoms with Gasteiger partial charge < -0.3 is 14.7 Å². The van der Waals surface area contributed by atoms with E-state index in [1.807, 2.05) is 0 Å². The number of anilines is 1. The zero-order valence-electron chi connectivity index (χ0n) is 9.64. The van der Waals surface area contributed by atoms with Gasteiger partial charge in [-0.05, 0) is 23.8 Å². The molecule has 1 aromatic rings. The Labute approximate surface area is 98.6 Å². The Hall–Kier alpha value is -2.04. The number of carbonyl (C=O) groups excluding carboxylic acids is 1. The van der Waals surface area contributed by atoms with Crippen LogP contribution in [0.4, 0.5) is 5.69 Å². The van der Waals surface area contributed by atoms with Crippen molar-refractivity contribution in [2.24, 2.45) is 0 Å². The van der Waals surface area contributed by atoms with Gasteiger partial charge in [0.1, 0.15) is 5.75 Å². The first-order valence-corrected chi connectivity index (χ1v) is 5.22. The fourth-order valence-electron chi connectivity index (χ4n) is 2.02. The molecule has 0 aromatic heterocycles. The molecule has 5 nitrogen and oxygen atoms in total. The molecule has 1 atom stereocenters. The smallest absolute Gasteiger partial charge is 0.311 e. The topological polar surface area (TPSA) is 66.8 Å². The third kappa shape index (κ3) is 1.84. The quantitative estimate of drug-likeness (QED) is 0.837. The van der Waals surface area contributed by atoms with Gasteiger partial charge in [-0.1, -0.05) is 0 Å². The molecule has 0 fully saturated rings. The van der Waals surface area contributed by atoms with Crippen molar-refractivity contribution in [3.63, 3.8) is 0 Å². The molecule has 1 amide bonds. The van der Waals surface area contributed by atoms with Crippen molar-refractivity contribution in [2.75, 3.05) is 19.1 Å². The van der Waals surface area contributed by atoms with Gasteiger partial charge in [-0.25, -0.2) is 0 Å². The molecule has 0 aliphatic carbocycles. The predicted octanol–water partition coefficient (Wildman–Crippen LogP) is 1.23. The molecule has 17 heavy (non-hydrogen) atoms. The summed E-state index contributed by atoms with van der Waals surface area (Å²) in [5, 5.41) is 9.14. The van der Waals surface area contributed by atoms with E-state index in [-0.39, 0.29) is 12.3 Å². The fourth-order valence-corrected chi connectivity index (χ4v) is 2.02. The summed E-state index contributed by atoms with van der Waals surface area (Å²) in [5.41, 5.74) is 1.26. The first-order chi connectivity index (χ1) is 8.04. The van der Waals surface area contributed by atoms with E-state index in [2.05, 4.69) is 0 Å². The highest BCUT2D eigenvalue weighted by Crippen LogP contribution is 2.37. The van der Waals surface area contributed by atoms with Crippen molar-refractivity contribution in [2.45, 2.75) is 12.3 Å². The summed E-state index contributed by atoms with van der Waals surface area (Å²) in [6, 6.07) is 5.10. The minimum absolute atomic E-state index is 0.00794. The minimum Gasteiger partial charge on any atom is -0.497 e. The van der Waals surface area contributed by atoms with Crippen LogP contribution in [0.3, 0.4) is 0 Å². The molecular formula is C12H13NO4. The third-order valence-corrected chi connectivity index (χ3v) is 3.02. The molecule has 0 spiro atoms. The highest BCUT2D eigenvalue weighted by atomic mass is 16.5. The number of benzene rings is 1. The Morgan fingerprint density at radius 3 is 2.82 bits per heavy atom. The number of aliphatic carboxylic acids is 1. The van der Waals surface area contributed by atoms with Crippen LogP contribution in [0.5, 0.6) is 5.75 Å². The molecule has 1 aliphatic rings. The molecule has 0 radical (unpaired) electrons. The Bertz CT molecular complexity index is 483. The predicted molar refractivity (Wildman–Crippen MR) is 61.4 cm³/mol. The average molecular weight is 235 g/mol. The Balaban J connectivity index is 2.56. The van der Waals surface area contributed by atoms with Crippen molar-refractivity contribution in [1.29, 1.82) is 0 Å². The van der Waals surface area contributed by atoms with Crippen LogP contribution in [-0.2, 0) is 9.59 Å². The third-order valence-electron chi connectivity index (χ3n) is 3.02. The molecule has 0 unspecified atom stereocenters. The molecule has 2 rings (SSSR count). The lowest BCUT2D eigenvalue weighted by molar-refractivity contribution is -0.140. The number of hydrogen-bond acceptors (Lipinski definition) is 3. The van der Waals surface area contributed by atoms with Gasteiger partial charge in [-0.15, -0.1) is 0 Å². The fraction of sp³-hybridized carbons (Fsp3) is 0.333. The summed E-state index contributed by atoms with van der Waals surface area (Å²) in [4.78, 5) is 24.3. The van der Waals surface area contributed by atoms with Crippen LogP contribution in [0, 0.1) is 0 Å². The highest BCUT2D eigenvalue weighted by Gasteiger charge is 2.33. The van der Waals surface area contributed by atoms with E-state index in [4.69, 9.17) is 9.84 Å². The van der Waals surface area contributed by atoms with Gasteiger partial charge >= 0.3 is 5.97 Å². The average Bonchev–Trinajstić information content (AvgIpc) is 2.32. The lowest BCUT2D eigenvalue weighted by Gasteiger charge is -2.29. The second kappa shape index (κ2) is 4.08. The van der Waals surface area contributed by atoms with Crippen molar-refractivity contribution in [3.05, 3.63) is 23.8 Å². The number of nitrogens with zero attached hydrogens (tertiary/aromatic N) is 1. The van der Waals surface area contributed by atoms with Crippen LogP contribution in [0.1, 0.15) is 17.9 Å². The Kier molecular flexibility index (Phi) is 2.75. The number of rotatable bonds is 2. The van der Waals surface area contributed by atoms with E-state index in [1.165, 1.54) is 12.0 Å². The number of methoxy groups -OCH3 is 1. The summed E-state index contributed by atoms with van der Waals surface area (Å²) in [6.07, 6.45) is -0.00794. The van der Waals surface area contributed by atoms with Crippen LogP contribution in [-0.4, -0.2) is 31.1 Å². The van der Waals surface area contributed by atoms with Gasteiger partial charge in [0.05, 0.1) is 13.0 Å². The van der Waals surface area contributed by atoms with E-state index in [1.54, 1.807) is 25.2 Å². The molecule has 5 heteroatoms. The van der Waals surface area contributed by atoms with Crippen molar-refractivity contribution < 1.29 is 19.4 Å². The molecule has 1 heterocycles. The summed E-state index contributed by atoms with van der Waals surface area (Å²) in [6.45, 7) is 0. The second-order valence-electron chi connectivity index (χ2n) is 3.97. The van der Waals surface area contributed by atoms with Gasteiger partial charge in [0, 0.05) is 19.2 Å². The van der Waals surface area contributed by atoms with Gasteiger partial charge in [-0.2, -0.15) is 0 Å². The van der Waals surface area contributed by atoms with Crippen molar-refractivity contribution in [1.82, 2.24) is 0 Å². The van der Waals surface area contributed by atoms with E-state index >= 15 is 0 Å². The van der Waals surface area contributed by atoms with E-state index in [0.717, 1.165) is 0 Å². The number of carboxylic acid groups (broad SMARTS) is 1. The zero-order chi connectivity index (χ0) is 12.6. The van der Waals surface area contributed by atoms with Crippen molar-refractivity contribution >= 4 is 17.6 Å². The first-order valence-electron chi connectivity index (χ1n) is 5.22. The van der Waals surface area contributed by atoms with E-state index < -0.39 is 11.9 Å². The van der Waals surface area contributed by atoms with Gasteiger partial charge in [0.25, 0.3) is 0 Å². The number of carboxylic acids is 1. The summed E-state index contributed by atoms with van der Waals surface area (Å²) in [7, 11) is 3.17. The van der Waals surface area contributed by atoms with Crippen LogP contribution in [0.2, 0.25) is 0 Å². The highest BCUT2D eigenvalue weighted by molar-refractivity contribution is 6.01. The standard InChI is InChI=1S/C12H13NO4/c1-13-10-4-3-7(17-2)5-8(10)9(12(15)16)6-11(13)14/h3-5,9H,6H2,1-2H3,(H,15,16)/t9-/m1/s1. The zero-order valence-corrected chi connectivity index (χ0v) is 9.64. The summed E-state index contributed by atoms with van der Waals surface area (Å²) in [5.74, 6) is -1.36. The van der Waals surface area contributed by atoms with Crippen LogP contribution in [0.25, 0.3) is 0 Å². The number of fused-ring (bicyclic) bond motifs is 1. The molecule has 0 saturated heterocycles. The molecule has 1 N–H and O–H groups in total. The SMILES string of the molecule is COc1ccc2c(c1)[C@H](C(=O)O)CC(=O)N2C. The van der Waals surface area contributed by atoms with Gasteiger partial charge in [-0.3, -0.25) is 9.59 Å². The molecule has 1 aromatic carbocycles. The van der Waals surface area contributed by atoms with Crippen LogP contribution >= 0.6 is 0 Å². The molecule has 1 aliphatic heterocycles. The van der Waals surface area contributed by atoms with Crippen LogP contribution < -0.4 is 9.64 Å². The largest absolute Gasteiger partial charge is 0.497 e. The number of hydrogen-bond donors (Lipinski definition) is 1. The van der Waals surface area contributed by atoms with Gasteiger partial charge in [0.15, 0.2) is 0 Å². The maximum absolute atomic E-state index is 11.7. The summed E-state index contributed by atoms with van der Waals surface area (Å²) >= 11 is 0. The van der Waals surface area contributed by atoms with E-state index in [9.17, 15) is 9.59 Å². The lowest BCUT2D eigenvalue weighted by Crippen LogP contribution is -2.35. The normalized spacial score (nSPS) is 18.8. The summed E-state index contributed by atoms with van der Waals surface area (Å²) < 4.78 is 5.07. The Morgan fingerprint density at radius 2 is 2.24 bits per heavy atom. The number of carbonyl (C=O) groups is 2. The number of amides is 1. The maximum atomic E-state index is 11.7. The second-order valence-corrected chi connectivity index (χ2v) is 3.97. The Morgan fingerprint density at radius 1 is 1.53 bits per heavy atom. The molecule has 90 valence electrons. The maximum Gasteiger partial charge on any atom is 0.311 e. The monoisotopic (exact) mass is 235 g/mol. The molecule has 0 saturated carbocycles. The number of ether oxygens (including phenoxy) is 1. The van der Waals surface area contributed by atoms with Crippen LogP contribution in [0.15, 0.2) is 18.2 Å². The van der Waals surface area contributed by atoms with E-state index in [0.29, 0.717) is 17.0 Å². The molecule has 0 bridgehead atoms. The minimum atomic E-state index is -0.985.